The van der Waals surface area contributed by atoms with E-state index in [9.17, 15) is 27.6 Å². The van der Waals surface area contributed by atoms with Crippen molar-refractivity contribution >= 4 is 50.1 Å². The molecule has 0 unspecified atom stereocenters. The molecule has 2 aromatic carbocycles. The van der Waals surface area contributed by atoms with Crippen LogP contribution in [0.5, 0.6) is 5.75 Å². The van der Waals surface area contributed by atoms with Crippen molar-refractivity contribution in [3.63, 3.8) is 0 Å². The van der Waals surface area contributed by atoms with Crippen LogP contribution in [-0.2, 0) is 35.7 Å². The first kappa shape index (κ1) is 30.4. The molecule has 220 valence electrons. The Morgan fingerprint density at radius 1 is 1.07 bits per heavy atom. The summed E-state index contributed by atoms with van der Waals surface area (Å²) in [6.07, 6.45) is 0. The van der Waals surface area contributed by atoms with E-state index in [1.165, 1.54) is 53.8 Å². The Kier molecular flexibility index (Phi) is 9.72. The zero-order chi connectivity index (χ0) is 30.3. The maximum absolute atomic E-state index is 14.1. The fourth-order valence-corrected chi connectivity index (χ4v) is 6.03. The number of ether oxygens (including phenoxy) is 2. The molecule has 12 nitrogen and oxygen atoms in total. The lowest BCUT2D eigenvalue weighted by Crippen LogP contribution is -2.45. The molecule has 0 bridgehead atoms. The molecule has 4 aromatic rings. The number of amides is 1. The topological polar surface area (TPSA) is 172 Å². The van der Waals surface area contributed by atoms with Gasteiger partial charge in [0, 0.05) is 22.0 Å². The maximum Gasteiger partial charge on any atom is 0.341 e. The Bertz CT molecular complexity index is 1750. The number of aliphatic carboxylic acids is 1. The summed E-state index contributed by atoms with van der Waals surface area (Å²) in [6.45, 7) is 0.471. The normalized spacial score (nSPS) is 12.0. The molecule has 0 aliphatic heterocycles. The third-order valence-electron chi connectivity index (χ3n) is 5.97. The van der Waals surface area contributed by atoms with Gasteiger partial charge in [0.1, 0.15) is 18.3 Å². The number of nitrogens with one attached hydrogen (secondary N) is 2. The quantitative estimate of drug-likeness (QED) is 0.192. The van der Waals surface area contributed by atoms with Crippen molar-refractivity contribution in [2.75, 3.05) is 19.8 Å². The predicted octanol–water partition coefficient (Wildman–Crippen LogP) is 2.66. The molecule has 2 aromatic heterocycles. The lowest BCUT2D eigenvalue weighted by Gasteiger charge is -2.28. The summed E-state index contributed by atoms with van der Waals surface area (Å²) < 4.78 is 40.3. The molecular formula is C28H27N3O9S2. The number of sulfonamides is 1. The van der Waals surface area contributed by atoms with Gasteiger partial charge in [0.25, 0.3) is 0 Å². The van der Waals surface area contributed by atoms with Crippen molar-refractivity contribution in [2.45, 2.75) is 24.4 Å². The molecule has 0 aliphatic rings. The number of nitrogens with zero attached hydrogens (tertiary/aromatic N) is 1. The number of benzene rings is 2. The number of H-pyrrole nitrogens is 1. The summed E-state index contributed by atoms with van der Waals surface area (Å²) in [5.74, 6) is -2.80. The van der Waals surface area contributed by atoms with Crippen LogP contribution in [0.1, 0.15) is 23.4 Å². The smallest absolute Gasteiger partial charge is 0.341 e. The molecule has 0 fully saturated rings. The van der Waals surface area contributed by atoms with E-state index in [0.717, 1.165) is 9.78 Å². The second-order valence-corrected chi connectivity index (χ2v) is 11.7. The lowest BCUT2D eigenvalue weighted by atomic mass is 10.0. The first-order valence-corrected chi connectivity index (χ1v) is 15.0. The van der Waals surface area contributed by atoms with E-state index in [-0.39, 0.29) is 34.9 Å². The molecule has 14 heteroatoms. The number of carbonyl (C=O) groups excluding carboxylic acids is 2. The standard InChI is InChI=1S/C28H27N3O9S2/c1-2-39-26(35)16-31(15-19-6-5-13-41-19)28(36)27(21-7-3-4-8-23(21)40-17-25(33)34)30-42(37,38)20-10-11-22-18(14-20)9-12-24(32)29-22/h3-14,27,30H,2,15-17H2,1H3,(H,29,32)(H,33,34)/t27-/m0/s1. The van der Waals surface area contributed by atoms with Crippen molar-refractivity contribution in [2.24, 2.45) is 0 Å². The van der Waals surface area contributed by atoms with Crippen LogP contribution in [0.3, 0.4) is 0 Å². The van der Waals surface area contributed by atoms with Gasteiger partial charge in [-0.25, -0.2) is 13.2 Å². The largest absolute Gasteiger partial charge is 0.482 e. The van der Waals surface area contributed by atoms with E-state index in [4.69, 9.17) is 14.6 Å². The number of aromatic amines is 1. The van der Waals surface area contributed by atoms with Crippen LogP contribution in [0.4, 0.5) is 0 Å². The van der Waals surface area contributed by atoms with Crippen molar-refractivity contribution in [1.82, 2.24) is 14.6 Å². The number of esters is 1. The Labute approximate surface area is 244 Å². The number of aromatic nitrogens is 1. The molecule has 0 aliphatic carbocycles. The number of fused-ring (bicyclic) bond motifs is 1. The number of pyridine rings is 1. The van der Waals surface area contributed by atoms with Gasteiger partial charge in [-0.1, -0.05) is 24.3 Å². The van der Waals surface area contributed by atoms with Gasteiger partial charge in [-0.3, -0.25) is 14.4 Å². The minimum absolute atomic E-state index is 0.0188. The number of hydrogen-bond donors (Lipinski definition) is 3. The second-order valence-electron chi connectivity index (χ2n) is 8.92. The second kappa shape index (κ2) is 13.4. The third kappa shape index (κ3) is 7.60. The van der Waals surface area contributed by atoms with E-state index in [0.29, 0.717) is 10.9 Å². The third-order valence-corrected chi connectivity index (χ3v) is 8.25. The highest BCUT2D eigenvalue weighted by Crippen LogP contribution is 2.30. The summed E-state index contributed by atoms with van der Waals surface area (Å²) in [7, 11) is -4.41. The van der Waals surface area contributed by atoms with Gasteiger partial charge in [-0.05, 0) is 54.1 Å². The zero-order valence-corrected chi connectivity index (χ0v) is 23.9. The van der Waals surface area contributed by atoms with Crippen LogP contribution < -0.4 is 15.0 Å². The minimum Gasteiger partial charge on any atom is -0.482 e. The molecule has 1 amide bonds. The van der Waals surface area contributed by atoms with Gasteiger partial charge in [0.2, 0.25) is 21.5 Å². The summed E-state index contributed by atoms with van der Waals surface area (Å²) in [6, 6.07) is 14.6. The average Bonchev–Trinajstić information content (AvgIpc) is 3.47. The SMILES string of the molecule is CCOC(=O)CN(Cc1cccs1)C(=O)[C@@H](NS(=O)(=O)c1ccc2[nH]c(=O)ccc2c1)c1ccccc1OCC(=O)O. The monoisotopic (exact) mass is 613 g/mol. The van der Waals surface area contributed by atoms with E-state index in [1.807, 2.05) is 0 Å². The molecule has 0 saturated carbocycles. The zero-order valence-electron chi connectivity index (χ0n) is 22.3. The number of para-hydroxylation sites is 1. The van der Waals surface area contributed by atoms with Crippen LogP contribution in [-0.4, -0.2) is 61.0 Å². The molecule has 4 rings (SSSR count). The molecule has 3 N–H and O–H groups in total. The summed E-state index contributed by atoms with van der Waals surface area (Å²) in [4.78, 5) is 53.8. The highest BCUT2D eigenvalue weighted by molar-refractivity contribution is 7.89. The fraction of sp³-hybridized carbons (Fsp3) is 0.214. The lowest BCUT2D eigenvalue weighted by molar-refractivity contribution is -0.150. The van der Waals surface area contributed by atoms with Crippen LogP contribution in [0.2, 0.25) is 0 Å². The van der Waals surface area contributed by atoms with Gasteiger partial charge in [0.05, 0.1) is 18.0 Å². The number of hydrogen-bond acceptors (Lipinski definition) is 9. The molecule has 0 radical (unpaired) electrons. The Hall–Kier alpha value is -4.53. The average molecular weight is 614 g/mol. The van der Waals surface area contributed by atoms with Gasteiger partial charge in [-0.15, -0.1) is 11.3 Å². The Morgan fingerprint density at radius 2 is 1.86 bits per heavy atom. The predicted molar refractivity (Wildman–Crippen MR) is 154 cm³/mol. The summed E-state index contributed by atoms with van der Waals surface area (Å²) in [5.41, 5.74) is 0.0998. The number of carbonyl (C=O) groups is 3. The molecule has 0 spiro atoms. The Balaban J connectivity index is 1.78. The Morgan fingerprint density at radius 3 is 2.57 bits per heavy atom. The van der Waals surface area contributed by atoms with Crippen LogP contribution in [0.15, 0.2) is 81.8 Å². The minimum atomic E-state index is -4.41. The van der Waals surface area contributed by atoms with Crippen molar-refractivity contribution in [1.29, 1.82) is 0 Å². The molecule has 1 atom stereocenters. The maximum atomic E-state index is 14.1. The highest BCUT2D eigenvalue weighted by atomic mass is 32.2. The number of carboxylic acid groups (broad SMARTS) is 1. The van der Waals surface area contributed by atoms with Gasteiger partial charge in [-0.2, -0.15) is 4.72 Å². The van der Waals surface area contributed by atoms with Gasteiger partial charge >= 0.3 is 11.9 Å². The van der Waals surface area contributed by atoms with Crippen LogP contribution in [0, 0.1) is 0 Å². The molecule has 42 heavy (non-hydrogen) atoms. The van der Waals surface area contributed by atoms with Crippen molar-refractivity contribution in [3.05, 3.63) is 92.9 Å². The summed E-state index contributed by atoms with van der Waals surface area (Å²) >= 11 is 1.34. The van der Waals surface area contributed by atoms with Crippen molar-refractivity contribution in [3.8, 4) is 5.75 Å². The number of rotatable bonds is 13. The first-order valence-electron chi connectivity index (χ1n) is 12.6. The number of carboxylic acids is 1. The van der Waals surface area contributed by atoms with E-state index >= 15 is 0 Å². The van der Waals surface area contributed by atoms with Gasteiger partial charge in [0.15, 0.2) is 6.61 Å². The van der Waals surface area contributed by atoms with Crippen molar-refractivity contribution < 1.29 is 37.4 Å². The van der Waals surface area contributed by atoms with Crippen LogP contribution in [0.25, 0.3) is 10.9 Å². The van der Waals surface area contributed by atoms with E-state index < -0.39 is 47.1 Å². The fourth-order valence-electron chi connectivity index (χ4n) is 4.11. The molecular weight excluding hydrogens is 586 g/mol. The van der Waals surface area contributed by atoms with E-state index in [2.05, 4.69) is 9.71 Å². The summed E-state index contributed by atoms with van der Waals surface area (Å²) in [5, 5.41) is 11.4. The molecule has 2 heterocycles. The molecule has 0 saturated heterocycles. The highest BCUT2D eigenvalue weighted by Gasteiger charge is 2.34. The van der Waals surface area contributed by atoms with E-state index in [1.54, 1.807) is 36.6 Å². The van der Waals surface area contributed by atoms with Crippen LogP contribution >= 0.6 is 11.3 Å². The first-order chi connectivity index (χ1) is 20.1. The number of thiophene rings is 1. The van der Waals surface area contributed by atoms with Gasteiger partial charge < -0.3 is 24.5 Å².